The average molecular weight is 163 g/mol. The fraction of sp³-hybridized carbons (Fsp3) is 0.800. The third-order valence-corrected chi connectivity index (χ3v) is 2.46. The lowest BCUT2D eigenvalue weighted by Crippen LogP contribution is -2.31. The topological polar surface area (TPSA) is 57.6 Å². The highest BCUT2D eigenvalue weighted by molar-refractivity contribution is 7.76. The van der Waals surface area contributed by atoms with Crippen LogP contribution in [0.15, 0.2) is 0 Å². The van der Waals surface area contributed by atoms with Gasteiger partial charge in [0.05, 0.1) is 6.04 Å². The summed E-state index contributed by atoms with van der Waals surface area (Å²) in [5, 5.41) is 0. The first-order valence-corrected chi connectivity index (χ1v) is 4.15. The molecule has 0 bridgehead atoms. The van der Waals surface area contributed by atoms with Crippen LogP contribution in [0.4, 0.5) is 0 Å². The molecule has 4 nitrogen and oxygen atoms in total. The minimum atomic E-state index is -1.97. The van der Waals surface area contributed by atoms with E-state index < -0.39 is 11.3 Å². The van der Waals surface area contributed by atoms with Gasteiger partial charge >= 0.3 is 0 Å². The van der Waals surface area contributed by atoms with Crippen LogP contribution >= 0.6 is 0 Å². The molecule has 0 saturated carbocycles. The van der Waals surface area contributed by atoms with Gasteiger partial charge < -0.3 is 4.79 Å². The van der Waals surface area contributed by atoms with Crippen molar-refractivity contribution in [3.05, 3.63) is 0 Å². The molecule has 1 aliphatic heterocycles. The standard InChI is InChI=1S/C5H9NO3S/c7-4-5-2-1-3-6(5)10(8)9/h4-5H,1-3H2,(H,8,9). The van der Waals surface area contributed by atoms with Crippen LogP contribution < -0.4 is 0 Å². The molecule has 0 aromatic rings. The molecule has 1 fully saturated rings. The number of hydrogen-bond donors (Lipinski definition) is 1. The number of carbonyl (C=O) groups is 1. The number of nitrogens with zero attached hydrogens (tertiary/aromatic N) is 1. The molecule has 1 rings (SSSR count). The van der Waals surface area contributed by atoms with Gasteiger partial charge in [-0.05, 0) is 12.8 Å². The van der Waals surface area contributed by atoms with Crippen LogP contribution in [0.2, 0.25) is 0 Å². The minimum absolute atomic E-state index is 0.342. The van der Waals surface area contributed by atoms with E-state index in [-0.39, 0.29) is 6.04 Å². The van der Waals surface area contributed by atoms with Gasteiger partial charge in [-0.2, -0.15) is 4.31 Å². The Bertz CT molecular complexity index is 161. The quantitative estimate of drug-likeness (QED) is 0.452. The Balaban J connectivity index is 2.58. The summed E-state index contributed by atoms with van der Waals surface area (Å²) in [4.78, 5) is 10.2. The van der Waals surface area contributed by atoms with Gasteiger partial charge in [0.15, 0.2) is 0 Å². The van der Waals surface area contributed by atoms with E-state index in [0.717, 1.165) is 12.7 Å². The molecule has 1 aliphatic rings. The highest BCUT2D eigenvalue weighted by Gasteiger charge is 2.27. The van der Waals surface area contributed by atoms with Gasteiger partial charge in [0.1, 0.15) is 6.29 Å². The summed E-state index contributed by atoms with van der Waals surface area (Å²) >= 11 is -1.97. The molecule has 5 heteroatoms. The predicted octanol–water partition coefficient (Wildman–Crippen LogP) is -0.214. The number of aldehydes is 1. The molecule has 1 heterocycles. The second kappa shape index (κ2) is 3.23. The highest BCUT2D eigenvalue weighted by Crippen LogP contribution is 2.15. The molecule has 0 aliphatic carbocycles. The maximum Gasteiger partial charge on any atom is 0.235 e. The van der Waals surface area contributed by atoms with E-state index in [1.807, 2.05) is 0 Å². The third kappa shape index (κ3) is 1.42. The maximum absolute atomic E-state index is 10.4. The van der Waals surface area contributed by atoms with Gasteiger partial charge in [0.2, 0.25) is 11.3 Å². The van der Waals surface area contributed by atoms with Crippen LogP contribution in [0.25, 0.3) is 0 Å². The van der Waals surface area contributed by atoms with Crippen molar-refractivity contribution in [3.63, 3.8) is 0 Å². The summed E-state index contributed by atoms with van der Waals surface area (Å²) < 4.78 is 20.3. The monoisotopic (exact) mass is 163 g/mol. The predicted molar refractivity (Wildman–Crippen MR) is 36.6 cm³/mol. The Morgan fingerprint density at radius 3 is 2.80 bits per heavy atom. The lowest BCUT2D eigenvalue weighted by Gasteiger charge is -2.12. The summed E-state index contributed by atoms with van der Waals surface area (Å²) in [6.45, 7) is 0.548. The van der Waals surface area contributed by atoms with Gasteiger partial charge in [0, 0.05) is 6.54 Å². The van der Waals surface area contributed by atoms with Gasteiger partial charge in [-0.3, -0.25) is 4.55 Å². The van der Waals surface area contributed by atoms with Gasteiger partial charge in [-0.15, -0.1) is 0 Å². The van der Waals surface area contributed by atoms with E-state index in [0.29, 0.717) is 13.0 Å². The van der Waals surface area contributed by atoms with Crippen molar-refractivity contribution in [2.75, 3.05) is 6.54 Å². The first kappa shape index (κ1) is 7.84. The SMILES string of the molecule is O=CC1CCCN1S(=O)O. The molecule has 1 N–H and O–H groups in total. The van der Waals surface area contributed by atoms with Crippen molar-refractivity contribution >= 4 is 17.6 Å². The van der Waals surface area contributed by atoms with E-state index in [1.165, 1.54) is 4.31 Å². The fourth-order valence-electron chi connectivity index (χ4n) is 1.10. The molecule has 0 spiro atoms. The number of carbonyl (C=O) groups excluding carboxylic acids is 1. The van der Waals surface area contributed by atoms with Gasteiger partial charge in [0.25, 0.3) is 0 Å². The van der Waals surface area contributed by atoms with Gasteiger partial charge in [-0.1, -0.05) is 0 Å². The molecular formula is C5H9NO3S. The van der Waals surface area contributed by atoms with Crippen molar-refractivity contribution < 1.29 is 13.6 Å². The molecule has 10 heavy (non-hydrogen) atoms. The van der Waals surface area contributed by atoms with E-state index in [1.54, 1.807) is 0 Å². The summed E-state index contributed by atoms with van der Waals surface area (Å²) in [6, 6.07) is -0.342. The van der Waals surface area contributed by atoms with Crippen molar-refractivity contribution in [1.82, 2.24) is 4.31 Å². The van der Waals surface area contributed by atoms with Crippen LogP contribution in [-0.2, 0) is 16.1 Å². The zero-order chi connectivity index (χ0) is 7.56. The molecule has 0 aromatic heterocycles. The van der Waals surface area contributed by atoms with Crippen LogP contribution in [0, 0.1) is 0 Å². The van der Waals surface area contributed by atoms with Gasteiger partial charge in [-0.25, -0.2) is 4.21 Å². The summed E-state index contributed by atoms with van der Waals surface area (Å²) in [5.41, 5.74) is 0. The van der Waals surface area contributed by atoms with E-state index >= 15 is 0 Å². The zero-order valence-corrected chi connectivity index (χ0v) is 6.21. The van der Waals surface area contributed by atoms with Crippen LogP contribution in [0.3, 0.4) is 0 Å². The summed E-state index contributed by atoms with van der Waals surface area (Å²) in [5.74, 6) is 0. The van der Waals surface area contributed by atoms with E-state index in [2.05, 4.69) is 0 Å². The summed E-state index contributed by atoms with van der Waals surface area (Å²) in [7, 11) is 0. The molecule has 2 atom stereocenters. The lowest BCUT2D eigenvalue weighted by atomic mass is 10.2. The second-order valence-electron chi connectivity index (χ2n) is 2.22. The van der Waals surface area contributed by atoms with Crippen LogP contribution in [0.1, 0.15) is 12.8 Å². The lowest BCUT2D eigenvalue weighted by molar-refractivity contribution is -0.110. The third-order valence-electron chi connectivity index (χ3n) is 1.61. The first-order chi connectivity index (χ1) is 4.75. The van der Waals surface area contributed by atoms with E-state index in [4.69, 9.17) is 4.55 Å². The first-order valence-electron chi connectivity index (χ1n) is 3.08. The molecule has 1 saturated heterocycles. The Morgan fingerprint density at radius 1 is 1.70 bits per heavy atom. The Labute approximate surface area is 61.6 Å². The molecular weight excluding hydrogens is 154 g/mol. The van der Waals surface area contributed by atoms with Crippen molar-refractivity contribution in [2.24, 2.45) is 0 Å². The average Bonchev–Trinajstić information content (AvgIpc) is 2.33. The smallest absolute Gasteiger partial charge is 0.235 e. The molecule has 0 radical (unpaired) electrons. The maximum atomic E-state index is 10.4. The zero-order valence-electron chi connectivity index (χ0n) is 5.40. The Hall–Kier alpha value is -0.260. The van der Waals surface area contributed by atoms with Crippen molar-refractivity contribution in [1.29, 1.82) is 0 Å². The second-order valence-corrected chi connectivity index (χ2v) is 3.15. The van der Waals surface area contributed by atoms with E-state index in [9.17, 15) is 9.00 Å². The van der Waals surface area contributed by atoms with Crippen LogP contribution in [0.5, 0.6) is 0 Å². The fourth-order valence-corrected chi connectivity index (χ4v) is 1.77. The molecule has 0 aromatic carbocycles. The van der Waals surface area contributed by atoms with Crippen molar-refractivity contribution in [2.45, 2.75) is 18.9 Å². The molecule has 0 amide bonds. The molecule has 58 valence electrons. The highest BCUT2D eigenvalue weighted by atomic mass is 32.2. The molecule has 2 unspecified atom stereocenters. The number of rotatable bonds is 2. The Kier molecular flexibility index (Phi) is 2.53. The normalized spacial score (nSPS) is 30.3. The van der Waals surface area contributed by atoms with Crippen LogP contribution in [-0.4, -0.2) is 31.9 Å². The summed E-state index contributed by atoms with van der Waals surface area (Å²) in [6.07, 6.45) is 2.26. The van der Waals surface area contributed by atoms with Crippen molar-refractivity contribution in [3.8, 4) is 0 Å². The Morgan fingerprint density at radius 2 is 2.40 bits per heavy atom. The number of hydrogen-bond acceptors (Lipinski definition) is 2. The minimum Gasteiger partial charge on any atom is -0.302 e. The largest absolute Gasteiger partial charge is 0.302 e.